The molecule has 2 heterocycles. The summed E-state index contributed by atoms with van der Waals surface area (Å²) in [6, 6.07) is 2.92. The van der Waals surface area contributed by atoms with Gasteiger partial charge in [-0.1, -0.05) is 0 Å². The fraction of sp³-hybridized carbons (Fsp3) is 0.556. The van der Waals surface area contributed by atoms with Crippen molar-refractivity contribution >= 4 is 5.96 Å². The Bertz CT molecular complexity index is 709. The van der Waals surface area contributed by atoms with Gasteiger partial charge in [0.25, 0.3) is 0 Å². The third-order valence-electron chi connectivity index (χ3n) is 4.54. The Kier molecular flexibility index (Phi) is 4.92. The van der Waals surface area contributed by atoms with Crippen LogP contribution in [0.15, 0.2) is 29.6 Å². The minimum absolute atomic E-state index is 0.384. The van der Waals surface area contributed by atoms with E-state index in [0.29, 0.717) is 12.1 Å². The Morgan fingerprint density at radius 1 is 1.42 bits per heavy atom. The maximum Gasteiger partial charge on any atom is 0.191 e. The van der Waals surface area contributed by atoms with Gasteiger partial charge in [-0.3, -0.25) is 9.67 Å². The van der Waals surface area contributed by atoms with Crippen LogP contribution in [0.2, 0.25) is 0 Å². The van der Waals surface area contributed by atoms with Crippen molar-refractivity contribution in [3.63, 3.8) is 0 Å². The van der Waals surface area contributed by atoms with Crippen LogP contribution in [0.5, 0.6) is 0 Å². The van der Waals surface area contributed by atoms with Gasteiger partial charge < -0.3 is 15.2 Å². The Hall–Kier alpha value is -2.24. The van der Waals surface area contributed by atoms with E-state index in [1.807, 2.05) is 14.1 Å². The molecule has 0 bridgehead atoms. The van der Waals surface area contributed by atoms with Gasteiger partial charge in [0, 0.05) is 57.7 Å². The van der Waals surface area contributed by atoms with Crippen molar-refractivity contribution in [2.75, 3.05) is 7.05 Å². The van der Waals surface area contributed by atoms with Crippen LogP contribution in [0.25, 0.3) is 0 Å². The van der Waals surface area contributed by atoms with E-state index in [1.165, 1.54) is 16.8 Å². The number of fused-ring (bicyclic) bond motifs is 1. The van der Waals surface area contributed by atoms with Crippen molar-refractivity contribution < 1.29 is 0 Å². The number of hydrogen-bond donors (Lipinski definition) is 2. The first-order valence-corrected chi connectivity index (χ1v) is 8.70. The van der Waals surface area contributed by atoms with Crippen molar-refractivity contribution in [1.29, 1.82) is 0 Å². The summed E-state index contributed by atoms with van der Waals surface area (Å²) < 4.78 is 4.14. The molecule has 0 saturated heterocycles. The number of nitrogens with one attached hydrogen (secondary N) is 2. The topological polar surface area (TPSA) is 59.2 Å². The van der Waals surface area contributed by atoms with Crippen LogP contribution in [-0.4, -0.2) is 33.4 Å². The molecule has 2 aromatic heterocycles. The highest BCUT2D eigenvalue weighted by Crippen LogP contribution is 2.21. The molecule has 24 heavy (non-hydrogen) atoms. The zero-order valence-electron chi connectivity index (χ0n) is 15.1. The number of aromatic nitrogens is 3. The van der Waals surface area contributed by atoms with E-state index in [-0.39, 0.29) is 0 Å². The first-order valence-electron chi connectivity index (χ1n) is 8.70. The second kappa shape index (κ2) is 7.11. The summed E-state index contributed by atoms with van der Waals surface area (Å²) in [6.07, 6.45) is 9.53. The van der Waals surface area contributed by atoms with Crippen LogP contribution < -0.4 is 10.6 Å². The van der Waals surface area contributed by atoms with Crippen LogP contribution >= 0.6 is 0 Å². The molecule has 1 aliphatic rings. The summed E-state index contributed by atoms with van der Waals surface area (Å²) in [7, 11) is 3.86. The van der Waals surface area contributed by atoms with E-state index in [0.717, 1.165) is 31.8 Å². The smallest absolute Gasteiger partial charge is 0.191 e. The molecule has 0 aromatic carbocycles. The Morgan fingerprint density at radius 2 is 2.25 bits per heavy atom. The molecular weight excluding hydrogens is 300 g/mol. The van der Waals surface area contributed by atoms with Gasteiger partial charge in [0.05, 0.1) is 5.69 Å². The molecule has 0 aliphatic heterocycles. The lowest BCUT2D eigenvalue weighted by Crippen LogP contribution is -2.45. The van der Waals surface area contributed by atoms with Crippen LogP contribution in [-0.2, 0) is 26.4 Å². The fourth-order valence-electron chi connectivity index (χ4n) is 3.14. The number of rotatable bonds is 4. The van der Waals surface area contributed by atoms with Gasteiger partial charge in [-0.05, 0) is 43.9 Å². The lowest BCUT2D eigenvalue weighted by atomic mass is 9.94. The normalized spacial score (nSPS) is 17.9. The summed E-state index contributed by atoms with van der Waals surface area (Å²) in [5, 5.41) is 11.7. The lowest BCUT2D eigenvalue weighted by molar-refractivity contribution is 0.499. The van der Waals surface area contributed by atoms with Gasteiger partial charge in [0.2, 0.25) is 0 Å². The van der Waals surface area contributed by atoms with E-state index in [1.54, 1.807) is 0 Å². The van der Waals surface area contributed by atoms with Crippen LogP contribution in [0.1, 0.15) is 43.1 Å². The monoisotopic (exact) mass is 328 g/mol. The van der Waals surface area contributed by atoms with E-state index >= 15 is 0 Å². The average Bonchev–Trinajstić information content (AvgIpc) is 3.17. The minimum Gasteiger partial charge on any atom is -0.357 e. The summed E-state index contributed by atoms with van der Waals surface area (Å²) in [5.74, 6) is 0.857. The Balaban J connectivity index is 1.56. The first-order chi connectivity index (χ1) is 11.5. The molecule has 2 N–H and O–H groups in total. The highest BCUT2D eigenvalue weighted by molar-refractivity contribution is 5.80. The van der Waals surface area contributed by atoms with Gasteiger partial charge in [0.15, 0.2) is 5.96 Å². The van der Waals surface area contributed by atoms with E-state index in [4.69, 9.17) is 5.10 Å². The third-order valence-corrected chi connectivity index (χ3v) is 4.54. The molecule has 1 aliphatic carbocycles. The third kappa shape index (κ3) is 3.80. The summed E-state index contributed by atoms with van der Waals surface area (Å²) in [5.41, 5.74) is 3.88. The zero-order chi connectivity index (χ0) is 17.1. The summed E-state index contributed by atoms with van der Waals surface area (Å²) in [6.45, 7) is 5.12. The SMILES string of the molecule is CN=C(NCc1ccn(C)c1)NC1CCc2cn(C(C)C)nc2C1. The molecule has 6 heteroatoms. The molecule has 1 unspecified atom stereocenters. The van der Waals surface area contributed by atoms with Crippen molar-refractivity contribution in [1.82, 2.24) is 25.0 Å². The molecule has 6 nitrogen and oxygen atoms in total. The number of aliphatic imine (C=N–C) groups is 1. The van der Waals surface area contributed by atoms with Crippen molar-refractivity contribution in [3.8, 4) is 0 Å². The van der Waals surface area contributed by atoms with E-state index in [2.05, 4.69) is 63.4 Å². The summed E-state index contributed by atoms with van der Waals surface area (Å²) in [4.78, 5) is 4.36. The van der Waals surface area contributed by atoms with Gasteiger partial charge in [-0.15, -0.1) is 0 Å². The first kappa shape index (κ1) is 16.6. The fourth-order valence-corrected chi connectivity index (χ4v) is 3.14. The maximum absolute atomic E-state index is 4.74. The highest BCUT2D eigenvalue weighted by Gasteiger charge is 2.22. The molecular formula is C18H28N6. The lowest BCUT2D eigenvalue weighted by Gasteiger charge is -2.24. The van der Waals surface area contributed by atoms with Gasteiger partial charge in [-0.25, -0.2) is 0 Å². The number of aryl methyl sites for hydroxylation is 2. The standard InChI is InChI=1S/C18H28N6/c1-13(2)24-12-15-5-6-16(9-17(15)22-24)21-18(19-3)20-10-14-7-8-23(4)11-14/h7-8,11-13,16H,5-6,9-10H2,1-4H3,(H2,19,20,21). The number of guanidine groups is 1. The quantitative estimate of drug-likeness (QED) is 0.667. The van der Waals surface area contributed by atoms with Crippen molar-refractivity contribution in [3.05, 3.63) is 41.5 Å². The van der Waals surface area contributed by atoms with Crippen molar-refractivity contribution in [2.45, 2.75) is 51.7 Å². The molecule has 3 rings (SSSR count). The van der Waals surface area contributed by atoms with Gasteiger partial charge >= 0.3 is 0 Å². The van der Waals surface area contributed by atoms with Crippen LogP contribution in [0, 0.1) is 0 Å². The minimum atomic E-state index is 0.384. The van der Waals surface area contributed by atoms with E-state index < -0.39 is 0 Å². The molecule has 1 atom stereocenters. The molecule has 0 saturated carbocycles. The average molecular weight is 328 g/mol. The second-order valence-corrected chi connectivity index (χ2v) is 6.87. The molecule has 130 valence electrons. The predicted octanol–water partition coefficient (Wildman–Crippen LogP) is 2.02. The van der Waals surface area contributed by atoms with E-state index in [9.17, 15) is 0 Å². The zero-order valence-corrected chi connectivity index (χ0v) is 15.1. The largest absolute Gasteiger partial charge is 0.357 e. The molecule has 0 spiro atoms. The van der Waals surface area contributed by atoms with Crippen LogP contribution in [0.3, 0.4) is 0 Å². The Morgan fingerprint density at radius 3 is 2.92 bits per heavy atom. The number of nitrogens with zero attached hydrogens (tertiary/aromatic N) is 4. The number of hydrogen-bond acceptors (Lipinski definition) is 2. The Labute approximate surface area is 144 Å². The van der Waals surface area contributed by atoms with Gasteiger partial charge in [0.1, 0.15) is 0 Å². The second-order valence-electron chi connectivity index (χ2n) is 6.87. The predicted molar refractivity (Wildman–Crippen MR) is 97.2 cm³/mol. The molecule has 0 amide bonds. The molecule has 0 fully saturated rings. The molecule has 2 aromatic rings. The van der Waals surface area contributed by atoms with Gasteiger partial charge in [-0.2, -0.15) is 5.10 Å². The highest BCUT2D eigenvalue weighted by atomic mass is 15.3. The summed E-state index contributed by atoms with van der Waals surface area (Å²) >= 11 is 0. The van der Waals surface area contributed by atoms with Crippen LogP contribution in [0.4, 0.5) is 0 Å². The van der Waals surface area contributed by atoms with Crippen molar-refractivity contribution in [2.24, 2.45) is 12.0 Å². The molecule has 0 radical (unpaired) electrons. The maximum atomic E-state index is 4.74.